The Morgan fingerprint density at radius 1 is 1.05 bits per heavy atom. The van der Waals surface area contributed by atoms with Crippen molar-refractivity contribution in [3.63, 3.8) is 0 Å². The molecule has 100 valence electrons. The van der Waals surface area contributed by atoms with E-state index in [-0.39, 0.29) is 5.82 Å². The summed E-state index contributed by atoms with van der Waals surface area (Å²) in [4.78, 5) is 3.70. The zero-order valence-electron chi connectivity index (χ0n) is 10.3. The number of rotatable bonds is 2. The van der Waals surface area contributed by atoms with Crippen LogP contribution in [0.4, 0.5) is 14.5 Å². The summed E-state index contributed by atoms with van der Waals surface area (Å²) in [6.07, 6.45) is 4.12. The van der Waals surface area contributed by atoms with Gasteiger partial charge in [0.1, 0.15) is 5.82 Å². The van der Waals surface area contributed by atoms with Gasteiger partial charge >= 0.3 is 0 Å². The second-order valence-electron chi connectivity index (χ2n) is 4.26. The van der Waals surface area contributed by atoms with Gasteiger partial charge in [-0.15, -0.1) is 0 Å². The van der Waals surface area contributed by atoms with Crippen LogP contribution in [-0.4, -0.2) is 14.8 Å². The molecule has 2 aromatic heterocycles. The van der Waals surface area contributed by atoms with E-state index < -0.39 is 11.6 Å². The lowest BCUT2D eigenvalue weighted by molar-refractivity contribution is 0.560. The molecule has 0 atom stereocenters. The third-order valence-electron chi connectivity index (χ3n) is 2.81. The van der Waals surface area contributed by atoms with Crippen molar-refractivity contribution >= 4 is 5.69 Å². The maximum Gasteiger partial charge on any atom is 0.189 e. The summed E-state index contributed by atoms with van der Waals surface area (Å²) in [6.45, 7) is 0. The van der Waals surface area contributed by atoms with Crippen molar-refractivity contribution in [1.29, 1.82) is 0 Å². The maximum atomic E-state index is 13.6. The molecule has 0 aliphatic heterocycles. The molecule has 0 aliphatic rings. The molecule has 0 bridgehead atoms. The Morgan fingerprint density at radius 3 is 2.65 bits per heavy atom. The standard InChI is InChI=1S/C14H10F2N4/c15-11-5-13(16)14(18-7-11)20-8-10(6-19-20)9-2-1-3-12(17)4-9/h1-8H,17H2. The summed E-state index contributed by atoms with van der Waals surface area (Å²) in [5.41, 5.74) is 7.97. The molecule has 6 heteroatoms. The average molecular weight is 272 g/mol. The number of aromatic nitrogens is 3. The fourth-order valence-corrected chi connectivity index (χ4v) is 1.88. The van der Waals surface area contributed by atoms with E-state index in [2.05, 4.69) is 10.1 Å². The van der Waals surface area contributed by atoms with Gasteiger partial charge in [0.25, 0.3) is 0 Å². The van der Waals surface area contributed by atoms with Gasteiger partial charge in [-0.05, 0) is 17.7 Å². The zero-order chi connectivity index (χ0) is 14.1. The molecular formula is C14H10F2N4. The molecule has 3 rings (SSSR count). The Kier molecular flexibility index (Phi) is 2.90. The SMILES string of the molecule is Nc1cccc(-c2cnn(-c3ncc(F)cc3F)c2)c1. The minimum atomic E-state index is -0.771. The molecule has 0 saturated carbocycles. The van der Waals surface area contributed by atoms with Gasteiger partial charge < -0.3 is 5.73 Å². The minimum absolute atomic E-state index is 0.0541. The second-order valence-corrected chi connectivity index (χ2v) is 4.26. The Hall–Kier alpha value is -2.76. The van der Waals surface area contributed by atoms with E-state index in [4.69, 9.17) is 5.73 Å². The first-order valence-corrected chi connectivity index (χ1v) is 5.85. The molecule has 0 saturated heterocycles. The summed E-state index contributed by atoms with van der Waals surface area (Å²) in [5.74, 6) is -1.55. The van der Waals surface area contributed by atoms with Crippen LogP contribution in [0.3, 0.4) is 0 Å². The first-order valence-electron chi connectivity index (χ1n) is 5.85. The molecule has 0 radical (unpaired) electrons. The Labute approximate surface area is 113 Å². The summed E-state index contributed by atoms with van der Waals surface area (Å²) < 4.78 is 27.7. The number of benzene rings is 1. The molecule has 3 aromatic rings. The van der Waals surface area contributed by atoms with Crippen LogP contribution in [0.15, 0.2) is 48.9 Å². The van der Waals surface area contributed by atoms with Crippen molar-refractivity contribution in [2.45, 2.75) is 0 Å². The van der Waals surface area contributed by atoms with Crippen molar-refractivity contribution in [3.05, 3.63) is 60.6 Å². The van der Waals surface area contributed by atoms with Crippen LogP contribution in [0, 0.1) is 11.6 Å². The van der Waals surface area contributed by atoms with Gasteiger partial charge in [0.2, 0.25) is 0 Å². The van der Waals surface area contributed by atoms with Gasteiger partial charge in [0, 0.05) is 23.5 Å². The summed E-state index contributed by atoms with van der Waals surface area (Å²) in [6, 6.07) is 8.01. The topological polar surface area (TPSA) is 56.7 Å². The van der Waals surface area contributed by atoms with E-state index in [1.54, 1.807) is 24.5 Å². The number of hydrogen-bond acceptors (Lipinski definition) is 3. The van der Waals surface area contributed by atoms with Crippen molar-refractivity contribution in [1.82, 2.24) is 14.8 Å². The van der Waals surface area contributed by atoms with Crippen molar-refractivity contribution < 1.29 is 8.78 Å². The maximum absolute atomic E-state index is 13.6. The van der Waals surface area contributed by atoms with E-state index in [0.717, 1.165) is 23.4 Å². The predicted octanol–water partition coefficient (Wildman–Crippen LogP) is 2.79. The van der Waals surface area contributed by atoms with Crippen molar-refractivity contribution in [2.24, 2.45) is 0 Å². The quantitative estimate of drug-likeness (QED) is 0.730. The first kappa shape index (κ1) is 12.3. The molecule has 0 aliphatic carbocycles. The lowest BCUT2D eigenvalue weighted by Crippen LogP contribution is -2.01. The van der Waals surface area contributed by atoms with Crippen LogP contribution >= 0.6 is 0 Å². The van der Waals surface area contributed by atoms with Gasteiger partial charge in [-0.2, -0.15) is 5.10 Å². The predicted molar refractivity (Wildman–Crippen MR) is 71.1 cm³/mol. The van der Waals surface area contributed by atoms with Crippen molar-refractivity contribution in [3.8, 4) is 16.9 Å². The molecule has 2 N–H and O–H groups in total. The highest BCUT2D eigenvalue weighted by Crippen LogP contribution is 2.22. The van der Waals surface area contributed by atoms with E-state index in [9.17, 15) is 8.78 Å². The summed E-state index contributed by atoms with van der Waals surface area (Å²) >= 11 is 0. The van der Waals surface area contributed by atoms with Crippen LogP contribution in [0.1, 0.15) is 0 Å². The molecule has 4 nitrogen and oxygen atoms in total. The van der Waals surface area contributed by atoms with E-state index >= 15 is 0 Å². The van der Waals surface area contributed by atoms with Crippen LogP contribution < -0.4 is 5.73 Å². The summed E-state index contributed by atoms with van der Waals surface area (Å²) in [5, 5.41) is 4.03. The van der Waals surface area contributed by atoms with E-state index in [0.29, 0.717) is 5.69 Å². The van der Waals surface area contributed by atoms with E-state index in [1.165, 1.54) is 4.68 Å². The average Bonchev–Trinajstić information content (AvgIpc) is 2.88. The number of hydrogen-bond donors (Lipinski definition) is 1. The Bertz CT molecular complexity index is 767. The number of nitrogens with two attached hydrogens (primary N) is 1. The highest BCUT2D eigenvalue weighted by atomic mass is 19.1. The van der Waals surface area contributed by atoms with Gasteiger partial charge in [-0.1, -0.05) is 12.1 Å². The molecule has 0 spiro atoms. The normalized spacial score (nSPS) is 10.7. The fourth-order valence-electron chi connectivity index (χ4n) is 1.88. The van der Waals surface area contributed by atoms with Gasteiger partial charge in [-0.25, -0.2) is 18.4 Å². The highest BCUT2D eigenvalue weighted by molar-refractivity contribution is 5.66. The Morgan fingerprint density at radius 2 is 1.90 bits per heavy atom. The zero-order valence-corrected chi connectivity index (χ0v) is 10.3. The van der Waals surface area contributed by atoms with Crippen LogP contribution in [0.2, 0.25) is 0 Å². The van der Waals surface area contributed by atoms with E-state index in [1.807, 2.05) is 12.1 Å². The van der Waals surface area contributed by atoms with Gasteiger partial charge in [0.15, 0.2) is 11.6 Å². The fraction of sp³-hybridized carbons (Fsp3) is 0. The van der Waals surface area contributed by atoms with Gasteiger partial charge in [-0.3, -0.25) is 0 Å². The van der Waals surface area contributed by atoms with Crippen LogP contribution in [-0.2, 0) is 0 Å². The highest BCUT2D eigenvalue weighted by Gasteiger charge is 2.10. The Balaban J connectivity index is 2.02. The van der Waals surface area contributed by atoms with Gasteiger partial charge in [0.05, 0.1) is 12.4 Å². The van der Waals surface area contributed by atoms with Crippen LogP contribution in [0.5, 0.6) is 0 Å². The molecular weight excluding hydrogens is 262 g/mol. The second kappa shape index (κ2) is 4.73. The molecule has 0 unspecified atom stereocenters. The smallest absolute Gasteiger partial charge is 0.189 e. The lowest BCUT2D eigenvalue weighted by atomic mass is 10.1. The van der Waals surface area contributed by atoms with Crippen LogP contribution in [0.25, 0.3) is 16.9 Å². The first-order chi connectivity index (χ1) is 9.63. The summed E-state index contributed by atoms with van der Waals surface area (Å²) in [7, 11) is 0. The third-order valence-corrected chi connectivity index (χ3v) is 2.81. The number of nitrogen functional groups attached to an aromatic ring is 1. The third kappa shape index (κ3) is 2.23. The molecule has 2 heterocycles. The largest absolute Gasteiger partial charge is 0.399 e. The number of anilines is 1. The number of pyridine rings is 1. The molecule has 0 fully saturated rings. The minimum Gasteiger partial charge on any atom is -0.399 e. The monoisotopic (exact) mass is 272 g/mol. The number of nitrogens with zero attached hydrogens (tertiary/aromatic N) is 3. The molecule has 1 aromatic carbocycles. The van der Waals surface area contributed by atoms with Crippen molar-refractivity contribution in [2.75, 3.05) is 5.73 Å². The molecule has 0 amide bonds. The number of halogens is 2. The molecule has 20 heavy (non-hydrogen) atoms. The lowest BCUT2D eigenvalue weighted by Gasteiger charge is -2.01.